The lowest BCUT2D eigenvalue weighted by Gasteiger charge is -2.27. The molecule has 2 aliphatic rings. The van der Waals surface area contributed by atoms with Gasteiger partial charge >= 0.3 is 0 Å². The van der Waals surface area contributed by atoms with Gasteiger partial charge in [-0.15, -0.1) is 0 Å². The van der Waals surface area contributed by atoms with Crippen LogP contribution in [0.15, 0.2) is 16.6 Å². The lowest BCUT2D eigenvalue weighted by molar-refractivity contribution is 0.241. The maximum atomic E-state index is 13.7. The monoisotopic (exact) mass is 356 g/mol. The van der Waals surface area contributed by atoms with Crippen LogP contribution in [0.3, 0.4) is 0 Å². The van der Waals surface area contributed by atoms with E-state index in [4.69, 9.17) is 4.74 Å². The first-order valence-corrected chi connectivity index (χ1v) is 8.55. The Kier molecular flexibility index (Phi) is 5.14. The Balaban J connectivity index is 1.65. The van der Waals surface area contributed by atoms with E-state index in [-0.39, 0.29) is 5.82 Å². The molecule has 0 atom stereocenters. The molecule has 1 saturated heterocycles. The topological polar surface area (TPSA) is 24.5 Å². The van der Waals surface area contributed by atoms with Gasteiger partial charge in [0.2, 0.25) is 0 Å². The smallest absolute Gasteiger partial charge is 0.136 e. The second kappa shape index (κ2) is 7.07. The highest BCUT2D eigenvalue weighted by atomic mass is 79.9. The maximum Gasteiger partial charge on any atom is 0.136 e. The van der Waals surface area contributed by atoms with Crippen LogP contribution in [0.5, 0.6) is 5.75 Å². The molecule has 1 aromatic rings. The first kappa shape index (κ1) is 15.3. The van der Waals surface area contributed by atoms with Gasteiger partial charge in [0.1, 0.15) is 11.6 Å². The number of piperazine rings is 1. The highest BCUT2D eigenvalue weighted by Gasteiger charge is 2.23. The van der Waals surface area contributed by atoms with Gasteiger partial charge in [-0.3, -0.25) is 0 Å². The van der Waals surface area contributed by atoms with Crippen molar-refractivity contribution in [2.24, 2.45) is 5.92 Å². The average Bonchev–Trinajstić information content (AvgIpc) is 3.29. The molecule has 1 N–H and O–H groups in total. The SMILES string of the molecule is Fc1cc(Br)c(OCC2CC2)c(CCN2CCNCC2)c1. The minimum atomic E-state index is -0.198. The zero-order valence-corrected chi connectivity index (χ0v) is 13.8. The summed E-state index contributed by atoms with van der Waals surface area (Å²) in [6.45, 7) is 5.92. The molecule has 5 heteroatoms. The minimum Gasteiger partial charge on any atom is -0.492 e. The van der Waals surface area contributed by atoms with Crippen LogP contribution in [0.25, 0.3) is 0 Å². The number of nitrogens with zero attached hydrogens (tertiary/aromatic N) is 1. The van der Waals surface area contributed by atoms with Gasteiger partial charge in [-0.1, -0.05) is 0 Å². The highest BCUT2D eigenvalue weighted by molar-refractivity contribution is 9.10. The second-order valence-electron chi connectivity index (χ2n) is 5.97. The summed E-state index contributed by atoms with van der Waals surface area (Å²) >= 11 is 3.45. The van der Waals surface area contributed by atoms with E-state index < -0.39 is 0 Å². The van der Waals surface area contributed by atoms with Gasteiger partial charge in [-0.05, 0) is 58.8 Å². The molecule has 1 saturated carbocycles. The fraction of sp³-hybridized carbons (Fsp3) is 0.625. The molecule has 0 aromatic heterocycles. The Morgan fingerprint density at radius 3 is 2.76 bits per heavy atom. The summed E-state index contributed by atoms with van der Waals surface area (Å²) in [7, 11) is 0. The first-order chi connectivity index (χ1) is 10.2. The number of hydrogen-bond donors (Lipinski definition) is 1. The number of halogens is 2. The van der Waals surface area contributed by atoms with Crippen molar-refractivity contribution in [2.75, 3.05) is 39.3 Å². The summed E-state index contributed by atoms with van der Waals surface area (Å²) in [4.78, 5) is 2.42. The van der Waals surface area contributed by atoms with Crippen molar-refractivity contribution in [3.05, 3.63) is 28.0 Å². The fourth-order valence-corrected chi connectivity index (χ4v) is 3.25. The molecule has 1 aromatic carbocycles. The molecule has 0 unspecified atom stereocenters. The van der Waals surface area contributed by atoms with Crippen LogP contribution in [0.4, 0.5) is 4.39 Å². The summed E-state index contributed by atoms with van der Waals surface area (Å²) in [6, 6.07) is 3.12. The number of rotatable bonds is 6. The van der Waals surface area contributed by atoms with Crippen LogP contribution in [-0.2, 0) is 6.42 Å². The lowest BCUT2D eigenvalue weighted by Crippen LogP contribution is -2.44. The van der Waals surface area contributed by atoms with Crippen molar-refractivity contribution in [1.29, 1.82) is 0 Å². The van der Waals surface area contributed by atoms with E-state index >= 15 is 0 Å². The van der Waals surface area contributed by atoms with E-state index in [0.29, 0.717) is 5.92 Å². The van der Waals surface area contributed by atoms with Crippen LogP contribution in [0, 0.1) is 11.7 Å². The molecule has 0 spiro atoms. The molecule has 21 heavy (non-hydrogen) atoms. The third kappa shape index (κ3) is 4.41. The van der Waals surface area contributed by atoms with Gasteiger partial charge < -0.3 is 15.0 Å². The first-order valence-electron chi connectivity index (χ1n) is 7.76. The van der Waals surface area contributed by atoms with Gasteiger partial charge in [0.15, 0.2) is 0 Å². The summed E-state index contributed by atoms with van der Waals surface area (Å²) in [6.07, 6.45) is 3.35. The summed E-state index contributed by atoms with van der Waals surface area (Å²) in [5.74, 6) is 1.33. The van der Waals surface area contributed by atoms with Gasteiger partial charge in [0, 0.05) is 32.7 Å². The molecule has 0 radical (unpaired) electrons. The van der Waals surface area contributed by atoms with Crippen molar-refractivity contribution in [2.45, 2.75) is 19.3 Å². The van der Waals surface area contributed by atoms with Gasteiger partial charge in [0.25, 0.3) is 0 Å². The molecule has 3 nitrogen and oxygen atoms in total. The van der Waals surface area contributed by atoms with Crippen LogP contribution >= 0.6 is 15.9 Å². The summed E-state index contributed by atoms with van der Waals surface area (Å²) in [5, 5.41) is 3.35. The van der Waals surface area contributed by atoms with E-state index in [1.54, 1.807) is 6.07 Å². The number of ether oxygens (including phenoxy) is 1. The molecular formula is C16H22BrFN2O. The van der Waals surface area contributed by atoms with Crippen LogP contribution < -0.4 is 10.1 Å². The summed E-state index contributed by atoms with van der Waals surface area (Å²) in [5.41, 5.74) is 0.973. The van der Waals surface area contributed by atoms with Crippen molar-refractivity contribution >= 4 is 15.9 Å². The number of nitrogens with one attached hydrogen (secondary N) is 1. The molecular weight excluding hydrogens is 335 g/mol. The Morgan fingerprint density at radius 1 is 1.29 bits per heavy atom. The zero-order chi connectivity index (χ0) is 14.7. The van der Waals surface area contributed by atoms with Gasteiger partial charge in [0.05, 0.1) is 11.1 Å². The lowest BCUT2D eigenvalue weighted by atomic mass is 10.1. The van der Waals surface area contributed by atoms with E-state index in [2.05, 4.69) is 26.1 Å². The molecule has 1 aliphatic heterocycles. The van der Waals surface area contributed by atoms with Crippen molar-refractivity contribution < 1.29 is 9.13 Å². The fourth-order valence-electron chi connectivity index (χ4n) is 2.66. The normalized spacial score (nSPS) is 19.7. The molecule has 2 fully saturated rings. The van der Waals surface area contributed by atoms with Crippen LogP contribution in [-0.4, -0.2) is 44.2 Å². The standard InChI is InChI=1S/C16H22BrFN2O/c17-15-10-14(18)9-13(16(15)21-11-12-1-2-12)3-6-20-7-4-19-5-8-20/h9-10,12,19H,1-8,11H2. The van der Waals surface area contributed by atoms with E-state index in [1.165, 1.54) is 18.9 Å². The molecule has 116 valence electrons. The Hall–Kier alpha value is -0.650. The summed E-state index contributed by atoms with van der Waals surface area (Å²) < 4.78 is 20.4. The van der Waals surface area contributed by atoms with Gasteiger partial charge in [-0.2, -0.15) is 0 Å². The predicted octanol–water partition coefficient (Wildman–Crippen LogP) is 2.82. The Bertz CT molecular complexity index is 487. The van der Waals surface area contributed by atoms with Crippen molar-refractivity contribution in [3.63, 3.8) is 0 Å². The molecule has 1 heterocycles. The van der Waals surface area contributed by atoms with E-state index in [0.717, 1.165) is 61.5 Å². The third-order valence-electron chi connectivity index (χ3n) is 4.15. The van der Waals surface area contributed by atoms with Gasteiger partial charge in [-0.25, -0.2) is 4.39 Å². The highest BCUT2D eigenvalue weighted by Crippen LogP contribution is 2.34. The molecule has 3 rings (SSSR count). The van der Waals surface area contributed by atoms with Crippen molar-refractivity contribution in [1.82, 2.24) is 10.2 Å². The number of hydrogen-bond acceptors (Lipinski definition) is 3. The third-order valence-corrected chi connectivity index (χ3v) is 4.74. The van der Waals surface area contributed by atoms with E-state index in [9.17, 15) is 4.39 Å². The Morgan fingerprint density at radius 2 is 2.05 bits per heavy atom. The number of benzene rings is 1. The van der Waals surface area contributed by atoms with Crippen LogP contribution in [0.2, 0.25) is 0 Å². The van der Waals surface area contributed by atoms with E-state index in [1.807, 2.05) is 0 Å². The quantitative estimate of drug-likeness (QED) is 0.848. The molecule has 1 aliphatic carbocycles. The maximum absolute atomic E-state index is 13.7. The predicted molar refractivity (Wildman–Crippen MR) is 85.3 cm³/mol. The Labute approximate surface area is 134 Å². The molecule has 0 bridgehead atoms. The van der Waals surface area contributed by atoms with Crippen LogP contribution in [0.1, 0.15) is 18.4 Å². The zero-order valence-electron chi connectivity index (χ0n) is 12.2. The minimum absolute atomic E-state index is 0.198. The van der Waals surface area contributed by atoms with Crippen molar-refractivity contribution in [3.8, 4) is 5.75 Å². The average molecular weight is 357 g/mol. The second-order valence-corrected chi connectivity index (χ2v) is 6.83. The molecule has 0 amide bonds. The largest absolute Gasteiger partial charge is 0.492 e.